The number of carbonyl (C=O) groups excluding carboxylic acids is 3. The lowest BCUT2D eigenvalue weighted by Gasteiger charge is -2.20. The molecule has 1 aliphatic rings. The van der Waals surface area contributed by atoms with E-state index in [9.17, 15) is 24.5 Å². The summed E-state index contributed by atoms with van der Waals surface area (Å²) in [6.07, 6.45) is -0.0841. The second kappa shape index (κ2) is 8.51. The molecule has 1 aliphatic heterocycles. The van der Waals surface area contributed by atoms with Gasteiger partial charge in [-0.3, -0.25) is 19.7 Å². The molecule has 1 saturated heterocycles. The Morgan fingerprint density at radius 3 is 2.55 bits per heavy atom. The smallest absolute Gasteiger partial charge is 0.341 e. The van der Waals surface area contributed by atoms with E-state index in [2.05, 4.69) is 5.32 Å². The molecule has 9 heteroatoms. The summed E-state index contributed by atoms with van der Waals surface area (Å²) in [5.74, 6) is -1.54. The van der Waals surface area contributed by atoms with Crippen molar-refractivity contribution in [1.82, 2.24) is 0 Å². The van der Waals surface area contributed by atoms with Crippen LogP contribution in [-0.4, -0.2) is 35.4 Å². The van der Waals surface area contributed by atoms with Crippen LogP contribution in [0.3, 0.4) is 0 Å². The van der Waals surface area contributed by atoms with Crippen molar-refractivity contribution < 1.29 is 24.0 Å². The summed E-state index contributed by atoms with van der Waals surface area (Å²) in [4.78, 5) is 49.0. The fraction of sp³-hybridized carbons (Fsp3) is 0.250. The van der Waals surface area contributed by atoms with Crippen molar-refractivity contribution in [3.05, 3.63) is 64.2 Å². The number of para-hydroxylation sites is 3. The number of nitrogens with one attached hydrogen (secondary N) is 1. The quantitative estimate of drug-likeness (QED) is 0.455. The van der Waals surface area contributed by atoms with E-state index in [0.29, 0.717) is 25.1 Å². The molecule has 3 rings (SSSR count). The number of hydrogen-bond donors (Lipinski definition) is 1. The minimum absolute atomic E-state index is 0.00784. The number of esters is 1. The van der Waals surface area contributed by atoms with Crippen molar-refractivity contribution in [2.24, 2.45) is 0 Å². The third kappa shape index (κ3) is 4.40. The molecule has 0 aromatic heterocycles. The van der Waals surface area contributed by atoms with Crippen LogP contribution in [0.25, 0.3) is 0 Å². The largest absolute Gasteiger partial charge is 0.449 e. The SMILES string of the molecule is C[C@H](OC(=O)c1ccccc1N1CCCC1=O)C(=O)Nc1ccccc1[N+](=O)[O-]. The van der Waals surface area contributed by atoms with Crippen molar-refractivity contribution in [3.8, 4) is 0 Å². The lowest BCUT2D eigenvalue weighted by molar-refractivity contribution is -0.383. The number of nitrogens with zero attached hydrogens (tertiary/aromatic N) is 2. The summed E-state index contributed by atoms with van der Waals surface area (Å²) in [5, 5.41) is 13.5. The highest BCUT2D eigenvalue weighted by Gasteiger charge is 2.28. The van der Waals surface area contributed by atoms with Crippen LogP contribution < -0.4 is 10.2 Å². The van der Waals surface area contributed by atoms with Gasteiger partial charge in [0.15, 0.2) is 6.10 Å². The molecule has 0 spiro atoms. The van der Waals surface area contributed by atoms with Crippen LogP contribution >= 0.6 is 0 Å². The Kier molecular flexibility index (Phi) is 5.87. The molecule has 0 radical (unpaired) electrons. The van der Waals surface area contributed by atoms with Crippen LogP contribution in [0.2, 0.25) is 0 Å². The molecule has 2 aromatic rings. The summed E-state index contributed by atoms with van der Waals surface area (Å²) < 4.78 is 5.25. The van der Waals surface area contributed by atoms with Gasteiger partial charge >= 0.3 is 5.97 Å². The fourth-order valence-corrected chi connectivity index (χ4v) is 3.03. The van der Waals surface area contributed by atoms with E-state index in [-0.39, 0.29) is 22.8 Å². The lowest BCUT2D eigenvalue weighted by Crippen LogP contribution is -2.31. The van der Waals surface area contributed by atoms with Crippen molar-refractivity contribution >= 4 is 34.8 Å². The maximum atomic E-state index is 12.6. The third-order valence-electron chi connectivity index (χ3n) is 4.50. The van der Waals surface area contributed by atoms with E-state index in [0.717, 1.165) is 0 Å². The Morgan fingerprint density at radius 1 is 1.17 bits per heavy atom. The number of ether oxygens (including phenoxy) is 1. The topological polar surface area (TPSA) is 119 Å². The number of amides is 2. The first-order chi connectivity index (χ1) is 13.9. The van der Waals surface area contributed by atoms with E-state index in [1.807, 2.05) is 0 Å². The molecule has 0 bridgehead atoms. The van der Waals surface area contributed by atoms with Crippen LogP contribution in [0.1, 0.15) is 30.1 Å². The molecule has 29 heavy (non-hydrogen) atoms. The second-order valence-electron chi connectivity index (χ2n) is 6.48. The van der Waals surface area contributed by atoms with Crippen LogP contribution in [-0.2, 0) is 14.3 Å². The van der Waals surface area contributed by atoms with Crippen LogP contribution in [0, 0.1) is 10.1 Å². The average Bonchev–Trinajstić information content (AvgIpc) is 3.13. The lowest BCUT2D eigenvalue weighted by atomic mass is 10.1. The van der Waals surface area contributed by atoms with E-state index in [1.165, 1.54) is 36.1 Å². The van der Waals surface area contributed by atoms with Gasteiger partial charge in [-0.25, -0.2) is 4.79 Å². The number of nitro groups is 1. The van der Waals surface area contributed by atoms with E-state index in [1.54, 1.807) is 24.3 Å². The summed E-state index contributed by atoms with van der Waals surface area (Å²) in [7, 11) is 0. The molecule has 1 heterocycles. The Morgan fingerprint density at radius 2 is 1.86 bits per heavy atom. The molecule has 1 N–H and O–H groups in total. The molecule has 2 amide bonds. The summed E-state index contributed by atoms with van der Waals surface area (Å²) >= 11 is 0. The van der Waals surface area contributed by atoms with Gasteiger partial charge in [-0.15, -0.1) is 0 Å². The minimum atomic E-state index is -1.20. The highest BCUT2D eigenvalue weighted by Crippen LogP contribution is 2.27. The maximum Gasteiger partial charge on any atom is 0.341 e. The number of benzene rings is 2. The molecule has 1 fully saturated rings. The van der Waals surface area contributed by atoms with Crippen LogP contribution in [0.4, 0.5) is 17.1 Å². The second-order valence-corrected chi connectivity index (χ2v) is 6.48. The standard InChI is InChI=1S/C20H19N3O6/c1-13(19(25)21-15-8-3-5-10-17(15)23(27)28)29-20(26)14-7-2-4-9-16(14)22-12-6-11-18(22)24/h2-5,7-10,13H,6,11-12H2,1H3,(H,21,25)/t13-/m0/s1. The van der Waals surface area contributed by atoms with Crippen LogP contribution in [0.15, 0.2) is 48.5 Å². The highest BCUT2D eigenvalue weighted by atomic mass is 16.6. The number of nitro benzene ring substituents is 1. The van der Waals surface area contributed by atoms with Gasteiger partial charge < -0.3 is 15.0 Å². The third-order valence-corrected chi connectivity index (χ3v) is 4.50. The fourth-order valence-electron chi connectivity index (χ4n) is 3.03. The first-order valence-corrected chi connectivity index (χ1v) is 9.03. The minimum Gasteiger partial charge on any atom is -0.449 e. The molecular formula is C20H19N3O6. The van der Waals surface area contributed by atoms with Crippen molar-refractivity contribution in [3.63, 3.8) is 0 Å². The molecule has 9 nitrogen and oxygen atoms in total. The Balaban J connectivity index is 1.72. The number of carbonyl (C=O) groups is 3. The Bertz CT molecular complexity index is 974. The molecule has 0 aliphatic carbocycles. The Hall–Kier alpha value is -3.75. The number of anilines is 2. The van der Waals surface area contributed by atoms with Gasteiger partial charge in [-0.2, -0.15) is 0 Å². The van der Waals surface area contributed by atoms with Crippen molar-refractivity contribution in [1.29, 1.82) is 0 Å². The molecule has 2 aromatic carbocycles. The normalized spacial score (nSPS) is 14.4. The molecule has 150 valence electrons. The van der Waals surface area contributed by atoms with E-state index in [4.69, 9.17) is 4.74 Å². The van der Waals surface area contributed by atoms with Gasteiger partial charge in [-0.1, -0.05) is 24.3 Å². The zero-order valence-electron chi connectivity index (χ0n) is 15.7. The van der Waals surface area contributed by atoms with E-state index < -0.39 is 22.9 Å². The monoisotopic (exact) mass is 397 g/mol. The van der Waals surface area contributed by atoms with E-state index >= 15 is 0 Å². The van der Waals surface area contributed by atoms with Crippen LogP contribution in [0.5, 0.6) is 0 Å². The Labute approximate surface area is 166 Å². The number of hydrogen-bond acceptors (Lipinski definition) is 6. The number of rotatable bonds is 6. The summed E-state index contributed by atoms with van der Waals surface area (Å²) in [5.41, 5.74) is 0.352. The first-order valence-electron chi connectivity index (χ1n) is 9.03. The highest BCUT2D eigenvalue weighted by molar-refractivity contribution is 6.04. The average molecular weight is 397 g/mol. The van der Waals surface area contributed by atoms with Gasteiger partial charge in [0.2, 0.25) is 5.91 Å². The van der Waals surface area contributed by atoms with Gasteiger partial charge in [0.05, 0.1) is 16.2 Å². The summed E-state index contributed by atoms with van der Waals surface area (Å²) in [6, 6.07) is 12.2. The summed E-state index contributed by atoms with van der Waals surface area (Å²) in [6.45, 7) is 1.88. The molecule has 1 atom stereocenters. The zero-order chi connectivity index (χ0) is 21.0. The maximum absolute atomic E-state index is 12.6. The molecular weight excluding hydrogens is 378 g/mol. The molecule has 0 unspecified atom stereocenters. The molecule has 0 saturated carbocycles. The van der Waals surface area contributed by atoms with Crippen molar-refractivity contribution in [2.75, 3.05) is 16.8 Å². The predicted octanol–water partition coefficient (Wildman–Crippen LogP) is 2.91. The first kappa shape index (κ1) is 20.0. The van der Waals surface area contributed by atoms with Gasteiger partial charge in [0, 0.05) is 19.0 Å². The zero-order valence-corrected chi connectivity index (χ0v) is 15.7. The van der Waals surface area contributed by atoms with Gasteiger partial charge in [0.25, 0.3) is 11.6 Å². The van der Waals surface area contributed by atoms with Crippen molar-refractivity contribution in [2.45, 2.75) is 25.9 Å². The van der Waals surface area contributed by atoms with Gasteiger partial charge in [-0.05, 0) is 31.5 Å². The predicted molar refractivity (Wildman–Crippen MR) is 105 cm³/mol. The van der Waals surface area contributed by atoms with Gasteiger partial charge in [0.1, 0.15) is 5.69 Å².